The lowest BCUT2D eigenvalue weighted by atomic mass is 9.59. The van der Waals surface area contributed by atoms with E-state index < -0.39 is 11.7 Å². The number of rotatable bonds is 6. The Labute approximate surface area is 166 Å². The number of aliphatic hydroxyl groups excluding tert-OH is 1. The fourth-order valence-corrected chi connectivity index (χ4v) is 3.52. The van der Waals surface area contributed by atoms with Gasteiger partial charge in [-0.15, -0.1) is 0 Å². The molecule has 29 heavy (non-hydrogen) atoms. The molecule has 0 amide bonds. The number of halogens is 3. The van der Waals surface area contributed by atoms with E-state index in [1.165, 1.54) is 24.4 Å². The van der Waals surface area contributed by atoms with Crippen molar-refractivity contribution < 1.29 is 18.3 Å². The van der Waals surface area contributed by atoms with E-state index in [9.17, 15) is 23.5 Å². The zero-order valence-corrected chi connectivity index (χ0v) is 16.1. The van der Waals surface area contributed by atoms with Crippen molar-refractivity contribution in [2.24, 2.45) is 11.3 Å². The summed E-state index contributed by atoms with van der Waals surface area (Å²) in [6.07, 6.45) is -2.38. The summed E-state index contributed by atoms with van der Waals surface area (Å²) >= 11 is 0. The Morgan fingerprint density at radius 2 is 2.03 bits per heavy atom. The molecule has 1 saturated carbocycles. The number of aliphatic hydroxyl groups is 1. The quantitative estimate of drug-likeness (QED) is 0.677. The van der Waals surface area contributed by atoms with E-state index in [0.29, 0.717) is 5.82 Å². The first-order chi connectivity index (χ1) is 13.7. The topological polar surface area (TPSA) is 93.9 Å². The number of alkyl halides is 3. The lowest BCUT2D eigenvalue weighted by molar-refractivity contribution is -0.138. The average Bonchev–Trinajstić information content (AvgIpc) is 2.68. The molecule has 9 heteroatoms. The number of nitrogens with one attached hydrogen (secondary N) is 2. The van der Waals surface area contributed by atoms with Crippen LogP contribution in [0, 0.1) is 22.7 Å². The summed E-state index contributed by atoms with van der Waals surface area (Å²) in [5.74, 6) is 0.603. The van der Waals surface area contributed by atoms with Crippen LogP contribution < -0.4 is 10.6 Å². The minimum atomic E-state index is -4.45. The van der Waals surface area contributed by atoms with Gasteiger partial charge in [0, 0.05) is 19.2 Å². The predicted molar refractivity (Wildman–Crippen MR) is 102 cm³/mol. The maximum absolute atomic E-state index is 13.1. The lowest BCUT2D eigenvalue weighted by Gasteiger charge is -2.52. The first kappa shape index (κ1) is 20.9. The lowest BCUT2D eigenvalue weighted by Crippen LogP contribution is -2.54. The van der Waals surface area contributed by atoms with Crippen molar-refractivity contribution in [3.8, 4) is 6.07 Å². The minimum absolute atomic E-state index is 0.0143. The molecule has 0 radical (unpaired) electrons. The third-order valence-corrected chi connectivity index (χ3v) is 5.67. The second kappa shape index (κ2) is 7.87. The highest BCUT2D eigenvalue weighted by Crippen LogP contribution is 2.47. The summed E-state index contributed by atoms with van der Waals surface area (Å²) in [5.41, 5.74) is -0.570. The Hall–Kier alpha value is -2.86. The van der Waals surface area contributed by atoms with Crippen LogP contribution in [0.2, 0.25) is 0 Å². The maximum Gasteiger partial charge on any atom is 0.416 e. The molecule has 6 nitrogen and oxygen atoms in total. The highest BCUT2D eigenvalue weighted by atomic mass is 19.4. The standard InChI is InChI=1S/C20H22F3N5O/c1-19(2)14(11-29)7-16(19)27-17-13(8-24)10-26-18(28-17)25-9-12-5-3-4-6-15(12)20(21,22)23/h3-6,10,14,16,29H,7,9,11H2,1-2H3,(H2,25,26,27,28)/t14-,16+/m1/s1. The molecule has 0 saturated heterocycles. The van der Waals surface area contributed by atoms with Crippen molar-refractivity contribution in [3.63, 3.8) is 0 Å². The van der Waals surface area contributed by atoms with E-state index in [0.717, 1.165) is 12.5 Å². The Bertz CT molecular complexity index is 923. The van der Waals surface area contributed by atoms with Crippen LogP contribution in [0.3, 0.4) is 0 Å². The smallest absolute Gasteiger partial charge is 0.396 e. The molecule has 0 bridgehead atoms. The normalized spacial score (nSPS) is 20.4. The van der Waals surface area contributed by atoms with E-state index in [1.807, 2.05) is 19.9 Å². The van der Waals surface area contributed by atoms with Crippen LogP contribution in [0.15, 0.2) is 30.5 Å². The van der Waals surface area contributed by atoms with E-state index in [1.54, 1.807) is 0 Å². The Morgan fingerprint density at radius 1 is 1.31 bits per heavy atom. The fourth-order valence-electron chi connectivity index (χ4n) is 3.52. The van der Waals surface area contributed by atoms with Crippen LogP contribution in [0.4, 0.5) is 24.9 Å². The average molecular weight is 405 g/mol. The van der Waals surface area contributed by atoms with Crippen LogP contribution >= 0.6 is 0 Å². The number of nitriles is 1. The third-order valence-electron chi connectivity index (χ3n) is 5.67. The summed E-state index contributed by atoms with van der Waals surface area (Å²) in [4.78, 5) is 8.32. The zero-order valence-electron chi connectivity index (χ0n) is 16.1. The van der Waals surface area contributed by atoms with Gasteiger partial charge in [-0.25, -0.2) is 4.98 Å². The molecule has 1 aliphatic carbocycles. The molecule has 0 unspecified atom stereocenters. The number of benzene rings is 1. The SMILES string of the molecule is CC1(C)[C@@H](CO)C[C@@H]1Nc1nc(NCc2ccccc2C(F)(F)F)ncc1C#N. The minimum Gasteiger partial charge on any atom is -0.396 e. The van der Waals surface area contributed by atoms with Crippen LogP contribution in [-0.4, -0.2) is 27.7 Å². The summed E-state index contributed by atoms with van der Waals surface area (Å²) in [6, 6.07) is 7.33. The molecule has 1 aliphatic rings. The van der Waals surface area contributed by atoms with Gasteiger partial charge in [-0.3, -0.25) is 0 Å². The van der Waals surface area contributed by atoms with Gasteiger partial charge in [0.1, 0.15) is 17.5 Å². The zero-order chi connectivity index (χ0) is 21.2. The van der Waals surface area contributed by atoms with Gasteiger partial charge in [0.15, 0.2) is 0 Å². The first-order valence-electron chi connectivity index (χ1n) is 9.20. The first-order valence-corrected chi connectivity index (χ1v) is 9.20. The number of hydrogen-bond donors (Lipinski definition) is 3. The molecular formula is C20H22F3N5O. The Kier molecular flexibility index (Phi) is 5.66. The second-order valence-corrected chi connectivity index (χ2v) is 7.71. The Morgan fingerprint density at radius 3 is 2.66 bits per heavy atom. The molecule has 2 aromatic rings. The molecule has 1 fully saturated rings. The largest absolute Gasteiger partial charge is 0.416 e. The molecule has 1 aromatic carbocycles. The molecule has 1 heterocycles. The number of nitrogens with zero attached hydrogens (tertiary/aromatic N) is 3. The van der Waals surface area contributed by atoms with Crippen molar-refractivity contribution in [2.45, 2.75) is 39.0 Å². The van der Waals surface area contributed by atoms with Crippen molar-refractivity contribution >= 4 is 11.8 Å². The van der Waals surface area contributed by atoms with Crippen LogP contribution in [0.1, 0.15) is 37.0 Å². The van der Waals surface area contributed by atoms with Gasteiger partial charge in [-0.1, -0.05) is 32.0 Å². The molecule has 0 aliphatic heterocycles. The molecule has 2 atom stereocenters. The van der Waals surface area contributed by atoms with Crippen LogP contribution in [0.5, 0.6) is 0 Å². The monoisotopic (exact) mass is 405 g/mol. The summed E-state index contributed by atoms with van der Waals surface area (Å²) in [7, 11) is 0. The predicted octanol–water partition coefficient (Wildman–Crippen LogP) is 3.80. The summed E-state index contributed by atoms with van der Waals surface area (Å²) in [5, 5.41) is 24.8. The Balaban J connectivity index is 1.76. The van der Waals surface area contributed by atoms with Crippen molar-refractivity contribution in [1.29, 1.82) is 5.26 Å². The molecule has 3 rings (SSSR count). The highest BCUT2D eigenvalue weighted by molar-refractivity contribution is 5.54. The van der Waals surface area contributed by atoms with Gasteiger partial charge in [0.05, 0.1) is 11.8 Å². The van der Waals surface area contributed by atoms with Gasteiger partial charge in [-0.05, 0) is 29.4 Å². The van der Waals surface area contributed by atoms with Gasteiger partial charge < -0.3 is 15.7 Å². The van der Waals surface area contributed by atoms with E-state index in [2.05, 4.69) is 20.6 Å². The highest BCUT2D eigenvalue weighted by Gasteiger charge is 2.47. The van der Waals surface area contributed by atoms with E-state index in [-0.39, 0.29) is 47.6 Å². The maximum atomic E-state index is 13.1. The molecule has 0 spiro atoms. The number of aromatic nitrogens is 2. The van der Waals surface area contributed by atoms with E-state index >= 15 is 0 Å². The van der Waals surface area contributed by atoms with Crippen LogP contribution in [0.25, 0.3) is 0 Å². The molecule has 1 aromatic heterocycles. The fraction of sp³-hybridized carbons (Fsp3) is 0.450. The van der Waals surface area contributed by atoms with E-state index in [4.69, 9.17) is 0 Å². The summed E-state index contributed by atoms with van der Waals surface area (Å²) in [6.45, 7) is 4.03. The molecular weight excluding hydrogens is 383 g/mol. The number of hydrogen-bond acceptors (Lipinski definition) is 6. The molecule has 3 N–H and O–H groups in total. The van der Waals surface area contributed by atoms with Gasteiger partial charge in [0.2, 0.25) is 5.95 Å². The van der Waals surface area contributed by atoms with Crippen molar-refractivity contribution in [3.05, 3.63) is 47.2 Å². The van der Waals surface area contributed by atoms with Crippen LogP contribution in [-0.2, 0) is 12.7 Å². The van der Waals surface area contributed by atoms with Crippen molar-refractivity contribution in [2.75, 3.05) is 17.2 Å². The second-order valence-electron chi connectivity index (χ2n) is 7.71. The van der Waals surface area contributed by atoms with Crippen molar-refractivity contribution in [1.82, 2.24) is 9.97 Å². The van der Waals surface area contributed by atoms with Gasteiger partial charge in [0.25, 0.3) is 0 Å². The van der Waals surface area contributed by atoms with Gasteiger partial charge >= 0.3 is 6.18 Å². The summed E-state index contributed by atoms with van der Waals surface area (Å²) < 4.78 is 39.4. The number of anilines is 2. The molecule has 154 valence electrons. The van der Waals surface area contributed by atoms with Gasteiger partial charge in [-0.2, -0.15) is 23.4 Å². The third kappa shape index (κ3) is 4.27.